The highest BCUT2D eigenvalue weighted by Crippen LogP contribution is 2.28. The first-order chi connectivity index (χ1) is 12.5. The zero-order valence-electron chi connectivity index (χ0n) is 15.0. The maximum absolute atomic E-state index is 12.1. The monoisotopic (exact) mass is 357 g/mol. The average molecular weight is 357 g/mol. The molecule has 0 spiro atoms. The number of aromatic amines is 1. The summed E-state index contributed by atoms with van der Waals surface area (Å²) in [6.45, 7) is 9.12. The number of piperidine rings is 1. The van der Waals surface area contributed by atoms with Crippen molar-refractivity contribution in [2.75, 3.05) is 19.6 Å². The smallest absolute Gasteiger partial charge is 0.255 e. The van der Waals surface area contributed by atoms with Gasteiger partial charge in [0.2, 0.25) is 11.8 Å². The van der Waals surface area contributed by atoms with Gasteiger partial charge in [-0.3, -0.25) is 9.59 Å². The molecule has 3 heterocycles. The van der Waals surface area contributed by atoms with Gasteiger partial charge in [-0.05, 0) is 19.9 Å². The molecule has 1 aliphatic rings. The van der Waals surface area contributed by atoms with Crippen LogP contribution < -0.4 is 10.1 Å². The van der Waals surface area contributed by atoms with E-state index in [-0.39, 0.29) is 11.8 Å². The number of aromatic nitrogens is 3. The van der Waals surface area contributed by atoms with Crippen LogP contribution in [0, 0.1) is 0 Å². The molecule has 138 valence electrons. The van der Waals surface area contributed by atoms with Gasteiger partial charge in [0.05, 0.1) is 11.8 Å². The first-order valence-electron chi connectivity index (χ1n) is 8.68. The van der Waals surface area contributed by atoms with Gasteiger partial charge in [-0.1, -0.05) is 6.58 Å². The Bertz CT molecular complexity index is 836. The zero-order chi connectivity index (χ0) is 18.7. The fourth-order valence-electron chi connectivity index (χ4n) is 3.04. The van der Waals surface area contributed by atoms with Crippen LogP contribution in [-0.2, 0) is 4.79 Å². The number of H-pyrrole nitrogens is 1. The molecule has 2 aromatic heterocycles. The maximum atomic E-state index is 12.1. The standard InChI is InChI=1S/C18H23N5O3/c1-4-14(24)23-8-6-18(3,7-9-23)26-13-11-21-16-15(22-13)12(10-20-16)17(25)19-5-2/h4,10-11H,1,5-9H2,2-3H3,(H,19,25)(H,20,21). The molecule has 0 saturated carbocycles. The van der Waals surface area contributed by atoms with Crippen LogP contribution in [0.3, 0.4) is 0 Å². The van der Waals surface area contributed by atoms with Crippen LogP contribution in [0.5, 0.6) is 5.88 Å². The third kappa shape index (κ3) is 3.54. The number of amides is 2. The van der Waals surface area contributed by atoms with Gasteiger partial charge < -0.3 is 19.9 Å². The Morgan fingerprint density at radius 2 is 2.19 bits per heavy atom. The first kappa shape index (κ1) is 17.9. The van der Waals surface area contributed by atoms with E-state index < -0.39 is 5.60 Å². The number of hydrogen-bond acceptors (Lipinski definition) is 5. The molecule has 8 heteroatoms. The van der Waals surface area contributed by atoms with Gasteiger partial charge in [-0.25, -0.2) is 9.97 Å². The summed E-state index contributed by atoms with van der Waals surface area (Å²) in [6, 6.07) is 0. The van der Waals surface area contributed by atoms with Crippen LogP contribution in [0.1, 0.15) is 37.0 Å². The number of likely N-dealkylation sites (tertiary alicyclic amines) is 1. The second kappa shape index (κ2) is 7.15. The van der Waals surface area contributed by atoms with E-state index >= 15 is 0 Å². The van der Waals surface area contributed by atoms with E-state index in [2.05, 4.69) is 26.8 Å². The molecule has 1 saturated heterocycles. The minimum absolute atomic E-state index is 0.0628. The highest BCUT2D eigenvalue weighted by Gasteiger charge is 2.33. The third-order valence-electron chi connectivity index (χ3n) is 4.60. The summed E-state index contributed by atoms with van der Waals surface area (Å²) in [4.78, 5) is 37.3. The fourth-order valence-corrected chi connectivity index (χ4v) is 3.04. The van der Waals surface area contributed by atoms with Crippen molar-refractivity contribution in [1.82, 2.24) is 25.2 Å². The summed E-state index contributed by atoms with van der Waals surface area (Å²) in [7, 11) is 0. The lowest BCUT2D eigenvalue weighted by Crippen LogP contribution is -2.47. The molecular formula is C18H23N5O3. The van der Waals surface area contributed by atoms with Gasteiger partial charge in [0, 0.05) is 38.7 Å². The van der Waals surface area contributed by atoms with Gasteiger partial charge in [0.15, 0.2) is 5.65 Å². The normalized spacial score (nSPS) is 16.3. The Morgan fingerprint density at radius 3 is 2.85 bits per heavy atom. The van der Waals surface area contributed by atoms with Crippen molar-refractivity contribution >= 4 is 23.0 Å². The molecule has 0 radical (unpaired) electrons. The van der Waals surface area contributed by atoms with E-state index in [0.29, 0.717) is 55.1 Å². The van der Waals surface area contributed by atoms with Crippen LogP contribution in [0.15, 0.2) is 25.0 Å². The van der Waals surface area contributed by atoms with E-state index in [9.17, 15) is 9.59 Å². The van der Waals surface area contributed by atoms with E-state index in [1.165, 1.54) is 6.08 Å². The van der Waals surface area contributed by atoms with E-state index in [4.69, 9.17) is 4.74 Å². The number of nitrogens with zero attached hydrogens (tertiary/aromatic N) is 3. The largest absolute Gasteiger partial charge is 0.470 e. The zero-order valence-corrected chi connectivity index (χ0v) is 15.0. The summed E-state index contributed by atoms with van der Waals surface area (Å²) < 4.78 is 6.09. The number of ether oxygens (including phenoxy) is 1. The maximum Gasteiger partial charge on any atom is 0.255 e. The molecule has 8 nitrogen and oxygen atoms in total. The summed E-state index contributed by atoms with van der Waals surface area (Å²) >= 11 is 0. The van der Waals surface area contributed by atoms with E-state index in [0.717, 1.165) is 0 Å². The van der Waals surface area contributed by atoms with Gasteiger partial charge in [-0.15, -0.1) is 0 Å². The quantitative estimate of drug-likeness (QED) is 0.793. The van der Waals surface area contributed by atoms with Gasteiger partial charge in [0.1, 0.15) is 11.1 Å². The number of nitrogens with one attached hydrogen (secondary N) is 2. The summed E-state index contributed by atoms with van der Waals surface area (Å²) in [5, 5.41) is 2.76. The SMILES string of the molecule is C=CC(=O)N1CCC(C)(Oc2cnc3[nH]cc(C(=O)NCC)c3n2)CC1. The first-order valence-corrected chi connectivity index (χ1v) is 8.68. The Kier molecular flexibility index (Phi) is 4.92. The Morgan fingerprint density at radius 1 is 1.46 bits per heavy atom. The topological polar surface area (TPSA) is 100 Å². The summed E-state index contributed by atoms with van der Waals surface area (Å²) in [6.07, 6.45) is 5.84. The number of carbonyl (C=O) groups excluding carboxylic acids is 2. The molecule has 0 aliphatic carbocycles. The van der Waals surface area contributed by atoms with Crippen molar-refractivity contribution in [2.24, 2.45) is 0 Å². The number of rotatable bonds is 5. The molecule has 2 amide bonds. The van der Waals surface area contributed by atoms with Crippen LogP contribution in [0.4, 0.5) is 0 Å². The van der Waals surface area contributed by atoms with Gasteiger partial charge in [-0.2, -0.15) is 0 Å². The minimum atomic E-state index is -0.442. The lowest BCUT2D eigenvalue weighted by Gasteiger charge is -2.38. The molecule has 1 aliphatic heterocycles. The minimum Gasteiger partial charge on any atom is -0.470 e. The molecule has 1 fully saturated rings. The lowest BCUT2D eigenvalue weighted by molar-refractivity contribution is -0.129. The summed E-state index contributed by atoms with van der Waals surface area (Å²) in [5.41, 5.74) is 1.02. The predicted octanol–water partition coefficient (Wildman–Crippen LogP) is 1.65. The van der Waals surface area contributed by atoms with Crippen LogP contribution >= 0.6 is 0 Å². The van der Waals surface area contributed by atoms with E-state index in [1.807, 2.05) is 13.8 Å². The molecular weight excluding hydrogens is 334 g/mol. The van der Waals surface area contributed by atoms with Gasteiger partial charge >= 0.3 is 0 Å². The average Bonchev–Trinajstić information content (AvgIpc) is 3.05. The number of carbonyl (C=O) groups is 2. The molecule has 3 rings (SSSR count). The Labute approximate surface area is 151 Å². The highest BCUT2D eigenvalue weighted by molar-refractivity contribution is 6.04. The molecule has 2 aromatic rings. The Hall–Kier alpha value is -2.90. The van der Waals surface area contributed by atoms with Gasteiger partial charge in [0.25, 0.3) is 5.91 Å². The number of hydrogen-bond donors (Lipinski definition) is 2. The van der Waals surface area contributed by atoms with Crippen molar-refractivity contribution in [3.63, 3.8) is 0 Å². The second-order valence-corrected chi connectivity index (χ2v) is 6.55. The predicted molar refractivity (Wildman–Crippen MR) is 96.9 cm³/mol. The van der Waals surface area contributed by atoms with Crippen molar-refractivity contribution in [2.45, 2.75) is 32.3 Å². The van der Waals surface area contributed by atoms with Crippen molar-refractivity contribution in [1.29, 1.82) is 0 Å². The van der Waals surface area contributed by atoms with Crippen LogP contribution in [0.2, 0.25) is 0 Å². The van der Waals surface area contributed by atoms with Crippen molar-refractivity contribution in [3.05, 3.63) is 30.6 Å². The fraction of sp³-hybridized carbons (Fsp3) is 0.444. The second-order valence-electron chi connectivity index (χ2n) is 6.55. The Balaban J connectivity index is 1.76. The molecule has 2 N–H and O–H groups in total. The third-order valence-corrected chi connectivity index (χ3v) is 4.60. The van der Waals surface area contributed by atoms with E-state index in [1.54, 1.807) is 17.3 Å². The van der Waals surface area contributed by atoms with Crippen LogP contribution in [-0.4, -0.2) is 56.9 Å². The van der Waals surface area contributed by atoms with Crippen LogP contribution in [0.25, 0.3) is 11.2 Å². The lowest BCUT2D eigenvalue weighted by atomic mass is 9.93. The van der Waals surface area contributed by atoms with Crippen molar-refractivity contribution in [3.8, 4) is 5.88 Å². The number of fused-ring (bicyclic) bond motifs is 1. The molecule has 0 bridgehead atoms. The molecule has 0 aromatic carbocycles. The highest BCUT2D eigenvalue weighted by atomic mass is 16.5. The summed E-state index contributed by atoms with van der Waals surface area (Å²) in [5.74, 6) is 0.105. The molecule has 26 heavy (non-hydrogen) atoms. The van der Waals surface area contributed by atoms with Crippen molar-refractivity contribution < 1.29 is 14.3 Å². The molecule has 0 unspecified atom stereocenters. The molecule has 0 atom stereocenters.